The minimum Gasteiger partial charge on any atom is -0.419 e. The van der Waals surface area contributed by atoms with E-state index in [0.717, 1.165) is 39.8 Å². The van der Waals surface area contributed by atoms with Crippen molar-refractivity contribution < 1.29 is 9.21 Å². The lowest BCUT2D eigenvalue weighted by atomic mass is 10.1. The van der Waals surface area contributed by atoms with Crippen molar-refractivity contribution in [3.8, 4) is 11.6 Å². The van der Waals surface area contributed by atoms with E-state index in [9.17, 15) is 4.79 Å². The van der Waals surface area contributed by atoms with Crippen LogP contribution >= 0.6 is 0 Å². The highest BCUT2D eigenvalue weighted by Gasteiger charge is 2.19. The molecule has 0 radical (unpaired) electrons. The van der Waals surface area contributed by atoms with Gasteiger partial charge in [-0.25, -0.2) is 0 Å². The highest BCUT2D eigenvalue weighted by molar-refractivity contribution is 5.94. The maximum Gasteiger partial charge on any atom is 0.264 e. The number of fused-ring (bicyclic) bond motifs is 1. The molecular weight excluding hydrogens is 388 g/mol. The van der Waals surface area contributed by atoms with Crippen LogP contribution in [0.15, 0.2) is 46.9 Å². The topological polar surface area (TPSA) is 73.0 Å². The molecule has 2 aromatic heterocycles. The summed E-state index contributed by atoms with van der Waals surface area (Å²) in [4.78, 5) is 13.0. The Labute approximate surface area is 182 Å². The number of aromatic nitrogens is 3. The van der Waals surface area contributed by atoms with Gasteiger partial charge in [0.15, 0.2) is 0 Å². The molecule has 4 rings (SSSR count). The lowest BCUT2D eigenvalue weighted by Gasteiger charge is -2.14. The molecule has 0 saturated heterocycles. The molecule has 0 aliphatic heterocycles. The molecule has 4 aromatic rings. The number of anilines is 1. The third kappa shape index (κ3) is 4.38. The summed E-state index contributed by atoms with van der Waals surface area (Å²) in [5.74, 6) is 1.37. The molecule has 0 aliphatic carbocycles. The molecule has 1 N–H and O–H groups in total. The van der Waals surface area contributed by atoms with E-state index in [0.29, 0.717) is 17.7 Å². The normalized spacial score (nSPS) is 11.4. The van der Waals surface area contributed by atoms with Crippen LogP contribution in [0.2, 0.25) is 0 Å². The van der Waals surface area contributed by atoms with Gasteiger partial charge in [-0.15, -0.1) is 10.2 Å². The van der Waals surface area contributed by atoms with Crippen molar-refractivity contribution in [2.45, 2.75) is 47.6 Å². The zero-order valence-electron chi connectivity index (χ0n) is 18.7. The summed E-state index contributed by atoms with van der Waals surface area (Å²) < 4.78 is 7.87. The number of hydrogen-bond acceptors (Lipinski definition) is 4. The summed E-state index contributed by atoms with van der Waals surface area (Å²) in [5.41, 5.74) is 5.85. The molecule has 1 amide bonds. The van der Waals surface area contributed by atoms with Crippen LogP contribution < -0.4 is 5.32 Å². The molecule has 0 spiro atoms. The Balaban J connectivity index is 1.68. The van der Waals surface area contributed by atoms with Crippen LogP contribution in [-0.2, 0) is 17.8 Å². The van der Waals surface area contributed by atoms with Gasteiger partial charge in [0.25, 0.3) is 5.89 Å². The Morgan fingerprint density at radius 2 is 1.77 bits per heavy atom. The number of para-hydroxylation sites is 1. The summed E-state index contributed by atoms with van der Waals surface area (Å²) >= 11 is 0. The van der Waals surface area contributed by atoms with Crippen LogP contribution in [0.25, 0.3) is 22.5 Å². The van der Waals surface area contributed by atoms with E-state index in [2.05, 4.69) is 48.4 Å². The fourth-order valence-corrected chi connectivity index (χ4v) is 4.05. The molecule has 2 aromatic carbocycles. The van der Waals surface area contributed by atoms with Crippen LogP contribution in [0.3, 0.4) is 0 Å². The quantitative estimate of drug-likeness (QED) is 0.453. The van der Waals surface area contributed by atoms with E-state index in [1.807, 2.05) is 48.7 Å². The zero-order chi connectivity index (χ0) is 22.1. The Morgan fingerprint density at radius 3 is 2.48 bits per heavy atom. The summed E-state index contributed by atoms with van der Waals surface area (Å²) in [7, 11) is 0. The maximum atomic E-state index is 13.0. The first kappa shape index (κ1) is 20.8. The maximum absolute atomic E-state index is 13.0. The van der Waals surface area contributed by atoms with Gasteiger partial charge in [-0.1, -0.05) is 49.7 Å². The van der Waals surface area contributed by atoms with Gasteiger partial charge in [-0.05, 0) is 49.9 Å². The first-order valence-corrected chi connectivity index (χ1v) is 10.6. The number of carbonyl (C=O) groups is 1. The summed E-state index contributed by atoms with van der Waals surface area (Å²) in [5, 5.41) is 12.6. The van der Waals surface area contributed by atoms with E-state index in [4.69, 9.17) is 4.42 Å². The van der Waals surface area contributed by atoms with Crippen molar-refractivity contribution in [2.24, 2.45) is 5.92 Å². The average molecular weight is 417 g/mol. The van der Waals surface area contributed by atoms with E-state index in [1.54, 1.807) is 0 Å². The SMILES string of the molecule is Cc1cc(C)c(NC(=O)Cn2c(-c3nnc(CC(C)C)o3)cc3ccccc32)c(C)c1. The molecule has 31 heavy (non-hydrogen) atoms. The number of nitrogens with one attached hydrogen (secondary N) is 1. The second-order valence-corrected chi connectivity index (χ2v) is 8.60. The number of aryl methyl sites for hydroxylation is 3. The Hall–Kier alpha value is -3.41. The molecule has 0 fully saturated rings. The van der Waals surface area contributed by atoms with Crippen LogP contribution in [0.5, 0.6) is 0 Å². The van der Waals surface area contributed by atoms with Gasteiger partial charge in [0.1, 0.15) is 12.2 Å². The van der Waals surface area contributed by atoms with Crippen molar-refractivity contribution in [3.05, 3.63) is 65.0 Å². The van der Waals surface area contributed by atoms with Gasteiger partial charge >= 0.3 is 0 Å². The van der Waals surface area contributed by atoms with Gasteiger partial charge in [0, 0.05) is 23.0 Å². The van der Waals surface area contributed by atoms with Crippen molar-refractivity contribution in [2.75, 3.05) is 5.32 Å². The summed E-state index contributed by atoms with van der Waals surface area (Å²) in [6, 6.07) is 14.1. The fraction of sp³-hybridized carbons (Fsp3) is 0.320. The van der Waals surface area contributed by atoms with Crippen LogP contribution in [0.4, 0.5) is 5.69 Å². The van der Waals surface area contributed by atoms with Crippen LogP contribution in [0, 0.1) is 26.7 Å². The summed E-state index contributed by atoms with van der Waals surface area (Å²) in [6.45, 7) is 10.5. The number of hydrogen-bond donors (Lipinski definition) is 1. The molecule has 0 aliphatic rings. The predicted molar refractivity (Wildman–Crippen MR) is 123 cm³/mol. The van der Waals surface area contributed by atoms with Crippen molar-refractivity contribution in [1.29, 1.82) is 0 Å². The van der Waals surface area contributed by atoms with E-state index in [1.165, 1.54) is 5.56 Å². The molecule has 6 heteroatoms. The minimum atomic E-state index is -0.0976. The molecule has 2 heterocycles. The largest absolute Gasteiger partial charge is 0.419 e. The second-order valence-electron chi connectivity index (χ2n) is 8.60. The van der Waals surface area contributed by atoms with Gasteiger partial charge < -0.3 is 14.3 Å². The minimum absolute atomic E-state index is 0.0976. The standard InChI is InChI=1S/C25H28N4O2/c1-15(2)10-23-27-28-25(31-23)21-13-19-8-6-7-9-20(19)29(21)14-22(30)26-24-17(4)11-16(3)12-18(24)5/h6-9,11-13,15H,10,14H2,1-5H3,(H,26,30). The van der Waals surface area contributed by atoms with Gasteiger partial charge in [-0.3, -0.25) is 4.79 Å². The predicted octanol–water partition coefficient (Wildman–Crippen LogP) is 5.45. The van der Waals surface area contributed by atoms with Crippen molar-refractivity contribution >= 4 is 22.5 Å². The fourth-order valence-electron chi connectivity index (χ4n) is 4.05. The van der Waals surface area contributed by atoms with E-state index >= 15 is 0 Å². The first-order valence-electron chi connectivity index (χ1n) is 10.6. The van der Waals surface area contributed by atoms with Gasteiger partial charge in [0.05, 0.1) is 0 Å². The Kier molecular flexibility index (Phi) is 5.63. The van der Waals surface area contributed by atoms with Gasteiger partial charge in [-0.2, -0.15) is 0 Å². The number of amides is 1. The van der Waals surface area contributed by atoms with Crippen LogP contribution in [-0.4, -0.2) is 20.7 Å². The van der Waals surface area contributed by atoms with Crippen LogP contribution in [0.1, 0.15) is 36.4 Å². The third-order valence-corrected chi connectivity index (χ3v) is 5.32. The first-order chi connectivity index (χ1) is 14.8. The molecule has 6 nitrogen and oxygen atoms in total. The third-order valence-electron chi connectivity index (χ3n) is 5.32. The summed E-state index contributed by atoms with van der Waals surface area (Å²) in [6.07, 6.45) is 0.722. The monoisotopic (exact) mass is 416 g/mol. The second kappa shape index (κ2) is 8.38. The van der Waals surface area contributed by atoms with Crippen molar-refractivity contribution in [1.82, 2.24) is 14.8 Å². The average Bonchev–Trinajstić information content (AvgIpc) is 3.29. The molecular formula is C25H28N4O2. The van der Waals surface area contributed by atoms with Gasteiger partial charge in [0.2, 0.25) is 11.8 Å². The van der Waals surface area contributed by atoms with E-state index < -0.39 is 0 Å². The molecule has 0 unspecified atom stereocenters. The Morgan fingerprint density at radius 1 is 1.06 bits per heavy atom. The highest BCUT2D eigenvalue weighted by Crippen LogP contribution is 2.28. The van der Waals surface area contributed by atoms with Crippen molar-refractivity contribution in [3.63, 3.8) is 0 Å². The Bertz CT molecular complexity index is 1230. The van der Waals surface area contributed by atoms with E-state index in [-0.39, 0.29) is 12.5 Å². The smallest absolute Gasteiger partial charge is 0.264 e. The molecule has 0 atom stereocenters. The number of carbonyl (C=O) groups excluding carboxylic acids is 1. The lowest BCUT2D eigenvalue weighted by Crippen LogP contribution is -2.20. The molecule has 0 bridgehead atoms. The number of benzene rings is 2. The molecule has 0 saturated carbocycles. The number of rotatable bonds is 6. The number of nitrogens with zero attached hydrogens (tertiary/aromatic N) is 3. The highest BCUT2D eigenvalue weighted by atomic mass is 16.4. The lowest BCUT2D eigenvalue weighted by molar-refractivity contribution is -0.116. The zero-order valence-corrected chi connectivity index (χ0v) is 18.7. The molecule has 160 valence electrons.